The summed E-state index contributed by atoms with van der Waals surface area (Å²) < 4.78 is 19.7. The van der Waals surface area contributed by atoms with Crippen molar-refractivity contribution in [2.75, 3.05) is 5.75 Å². The number of carboxylic acids is 1. The third-order valence-corrected chi connectivity index (χ3v) is 10.1. The van der Waals surface area contributed by atoms with E-state index in [2.05, 4.69) is 11.4 Å². The number of carbonyl (C=O) groups excluding carboxylic acids is 1. The number of thioether (sulfide) groups is 1. The monoisotopic (exact) mass is 740 g/mol. The Morgan fingerprint density at radius 1 is 0.722 bits per heavy atom. The number of ether oxygens (including phenoxy) is 2. The van der Waals surface area contributed by atoms with Gasteiger partial charge in [0.25, 0.3) is 5.22 Å². The van der Waals surface area contributed by atoms with Crippen molar-refractivity contribution in [3.8, 4) is 33.7 Å². The Labute approximate surface area is 318 Å². The Bertz CT molecular complexity index is 2120. The predicted octanol–water partition coefficient (Wildman–Crippen LogP) is 8.99. The highest BCUT2D eigenvalue weighted by Gasteiger charge is 2.33. The Kier molecular flexibility index (Phi) is 12.0. The molecule has 1 fully saturated rings. The number of carbonyl (C=O) groups is 2. The molecule has 3 atom stereocenters. The number of rotatable bonds is 14. The first-order valence-corrected chi connectivity index (χ1v) is 18.8. The maximum Gasteiger partial charge on any atom is 0.303 e. The minimum Gasteiger partial charge on any atom is -0.481 e. The fourth-order valence-electron chi connectivity index (χ4n) is 6.36. The van der Waals surface area contributed by atoms with Gasteiger partial charge in [-0.05, 0) is 39.9 Å². The van der Waals surface area contributed by atoms with Crippen molar-refractivity contribution in [2.45, 2.75) is 56.1 Å². The van der Waals surface area contributed by atoms with Gasteiger partial charge in [-0.1, -0.05) is 133 Å². The molecular weight excluding hydrogens is 701 g/mol. The van der Waals surface area contributed by atoms with Gasteiger partial charge in [-0.25, -0.2) is 4.98 Å². The molecule has 0 saturated carbocycles. The second-order valence-electron chi connectivity index (χ2n) is 13.0. The third kappa shape index (κ3) is 9.34. The minimum atomic E-state index is -1.00. The summed E-state index contributed by atoms with van der Waals surface area (Å²) in [7, 11) is 0. The highest BCUT2D eigenvalue weighted by Crippen LogP contribution is 2.41. The Hall–Kier alpha value is -5.52. The van der Waals surface area contributed by atoms with Crippen LogP contribution in [0.25, 0.3) is 33.7 Å². The number of oxazole rings is 1. The average Bonchev–Trinajstić information content (AvgIpc) is 3.66. The quantitative estimate of drug-likeness (QED) is 0.0937. The molecule has 6 aromatic rings. The van der Waals surface area contributed by atoms with Crippen LogP contribution in [0.5, 0.6) is 0 Å². The maximum absolute atomic E-state index is 12.1. The van der Waals surface area contributed by atoms with E-state index in [0.29, 0.717) is 23.9 Å². The molecule has 7 rings (SSSR count). The number of benzene rings is 5. The van der Waals surface area contributed by atoms with E-state index < -0.39 is 12.3 Å². The molecule has 10 heteroatoms. The molecule has 1 saturated heterocycles. The van der Waals surface area contributed by atoms with Gasteiger partial charge in [0.05, 0.1) is 25.2 Å². The standard InChI is InChI=1S/C44H40N2O7S/c47-27-29-17-19-31(20-18-29)38-25-37(28-54-44-46-41(32-10-3-1-4-11-32)42(53-44)33-12-5-2-6-13-33)51-43(52-38)36-16-8-15-35(24-36)34-14-7-9-30(23-34)26-45-39(48)21-22-40(49)50/h1-20,23-24,37-38,43,47H,21-22,25-28H2,(H,45,48)(H,49,50). The van der Waals surface area contributed by atoms with Crippen molar-refractivity contribution < 1.29 is 33.7 Å². The summed E-state index contributed by atoms with van der Waals surface area (Å²) in [5.74, 6) is -0.00831. The van der Waals surface area contributed by atoms with Crippen molar-refractivity contribution >= 4 is 23.6 Å². The molecule has 1 aromatic heterocycles. The number of amides is 1. The lowest BCUT2D eigenvalue weighted by Gasteiger charge is -2.36. The topological polar surface area (TPSA) is 131 Å². The van der Waals surface area contributed by atoms with Crippen molar-refractivity contribution in [3.05, 3.63) is 156 Å². The fourth-order valence-corrected chi connectivity index (χ4v) is 7.20. The summed E-state index contributed by atoms with van der Waals surface area (Å²) in [6.07, 6.45) is -0.787. The number of aromatic nitrogens is 1. The molecule has 1 aliphatic rings. The highest BCUT2D eigenvalue weighted by molar-refractivity contribution is 7.99. The molecule has 5 aromatic carbocycles. The van der Waals surface area contributed by atoms with Crippen LogP contribution in [0.1, 0.15) is 53.9 Å². The molecule has 3 unspecified atom stereocenters. The summed E-state index contributed by atoms with van der Waals surface area (Å²) >= 11 is 1.51. The van der Waals surface area contributed by atoms with E-state index in [1.54, 1.807) is 0 Å². The highest BCUT2D eigenvalue weighted by atomic mass is 32.2. The van der Waals surface area contributed by atoms with Crippen LogP contribution >= 0.6 is 11.8 Å². The SMILES string of the molecule is O=C(O)CCC(=O)NCc1cccc(-c2cccc(C3OC(CSc4nc(-c5ccccc5)c(-c5ccccc5)o4)CC(c4ccc(CO)cc4)O3)c2)c1. The van der Waals surface area contributed by atoms with Crippen LogP contribution in [0.3, 0.4) is 0 Å². The average molecular weight is 741 g/mol. The number of aliphatic hydroxyl groups is 1. The lowest BCUT2D eigenvalue weighted by molar-refractivity contribution is -0.245. The summed E-state index contributed by atoms with van der Waals surface area (Å²) in [5, 5.41) is 21.9. The number of aliphatic hydroxyl groups excluding tert-OH is 1. The van der Waals surface area contributed by atoms with E-state index in [1.807, 2.05) is 127 Å². The first kappa shape index (κ1) is 36.8. The van der Waals surface area contributed by atoms with E-state index in [0.717, 1.165) is 56.0 Å². The van der Waals surface area contributed by atoms with Crippen molar-refractivity contribution in [1.29, 1.82) is 0 Å². The first-order chi connectivity index (χ1) is 26.4. The van der Waals surface area contributed by atoms with E-state index in [9.17, 15) is 14.7 Å². The van der Waals surface area contributed by atoms with E-state index >= 15 is 0 Å². The number of hydrogen-bond donors (Lipinski definition) is 3. The second kappa shape index (κ2) is 17.5. The molecule has 54 heavy (non-hydrogen) atoms. The summed E-state index contributed by atoms with van der Waals surface area (Å²) in [4.78, 5) is 27.9. The predicted molar refractivity (Wildman–Crippen MR) is 207 cm³/mol. The molecule has 0 radical (unpaired) electrons. The Morgan fingerprint density at radius 3 is 2.13 bits per heavy atom. The molecule has 1 amide bonds. The van der Waals surface area contributed by atoms with Crippen LogP contribution < -0.4 is 5.32 Å². The van der Waals surface area contributed by atoms with Crippen LogP contribution in [0, 0.1) is 0 Å². The van der Waals surface area contributed by atoms with Gasteiger partial charge < -0.3 is 29.4 Å². The molecule has 274 valence electrons. The zero-order chi connectivity index (χ0) is 37.3. The van der Waals surface area contributed by atoms with Crippen molar-refractivity contribution in [1.82, 2.24) is 10.3 Å². The van der Waals surface area contributed by atoms with Crippen LogP contribution in [-0.4, -0.2) is 38.9 Å². The number of aliphatic carboxylic acids is 1. The Morgan fingerprint density at radius 2 is 1.41 bits per heavy atom. The Balaban J connectivity index is 1.11. The minimum absolute atomic E-state index is 0.0338. The maximum atomic E-state index is 12.1. The second-order valence-corrected chi connectivity index (χ2v) is 14.0. The molecule has 1 aliphatic heterocycles. The number of nitrogens with one attached hydrogen (secondary N) is 1. The zero-order valence-electron chi connectivity index (χ0n) is 29.5. The van der Waals surface area contributed by atoms with E-state index in [1.165, 1.54) is 11.8 Å². The van der Waals surface area contributed by atoms with Gasteiger partial charge in [-0.3, -0.25) is 9.59 Å². The molecule has 2 heterocycles. The van der Waals surface area contributed by atoms with Gasteiger partial charge in [0.15, 0.2) is 12.1 Å². The molecule has 0 spiro atoms. The smallest absolute Gasteiger partial charge is 0.303 e. The molecule has 3 N–H and O–H groups in total. The molecule has 0 bridgehead atoms. The van der Waals surface area contributed by atoms with Crippen LogP contribution in [0.2, 0.25) is 0 Å². The van der Waals surface area contributed by atoms with Crippen molar-refractivity contribution in [3.63, 3.8) is 0 Å². The van der Waals surface area contributed by atoms with E-state index in [4.69, 9.17) is 24.0 Å². The van der Waals surface area contributed by atoms with Gasteiger partial charge in [0, 0.05) is 41.8 Å². The number of nitrogens with zero attached hydrogens (tertiary/aromatic N) is 1. The lowest BCUT2D eigenvalue weighted by Crippen LogP contribution is -2.31. The molecular formula is C44H40N2O7S. The zero-order valence-corrected chi connectivity index (χ0v) is 30.3. The molecule has 9 nitrogen and oxygen atoms in total. The number of hydrogen-bond acceptors (Lipinski definition) is 8. The van der Waals surface area contributed by atoms with Crippen LogP contribution in [0.4, 0.5) is 0 Å². The first-order valence-electron chi connectivity index (χ1n) is 17.8. The van der Waals surface area contributed by atoms with Crippen LogP contribution in [0.15, 0.2) is 143 Å². The number of carboxylic acid groups (broad SMARTS) is 1. The third-order valence-electron chi connectivity index (χ3n) is 9.17. The van der Waals surface area contributed by atoms with Gasteiger partial charge in [0.1, 0.15) is 5.69 Å². The lowest BCUT2D eigenvalue weighted by atomic mass is 9.99. The summed E-state index contributed by atoms with van der Waals surface area (Å²) in [6, 6.07) is 43.8. The van der Waals surface area contributed by atoms with Gasteiger partial charge in [0.2, 0.25) is 5.91 Å². The van der Waals surface area contributed by atoms with Gasteiger partial charge in [-0.15, -0.1) is 0 Å². The van der Waals surface area contributed by atoms with Crippen LogP contribution in [-0.2, 0) is 32.2 Å². The fraction of sp³-hybridized carbons (Fsp3) is 0.205. The largest absolute Gasteiger partial charge is 0.481 e. The normalized spacial score (nSPS) is 16.9. The van der Waals surface area contributed by atoms with Gasteiger partial charge >= 0.3 is 5.97 Å². The van der Waals surface area contributed by atoms with E-state index in [-0.39, 0.29) is 37.6 Å². The summed E-state index contributed by atoms with van der Waals surface area (Å²) in [6.45, 7) is 0.259. The molecule has 0 aliphatic carbocycles. The van der Waals surface area contributed by atoms with Gasteiger partial charge in [-0.2, -0.15) is 0 Å². The summed E-state index contributed by atoms with van der Waals surface area (Å²) in [5.41, 5.74) is 8.23. The van der Waals surface area contributed by atoms with Crippen molar-refractivity contribution in [2.24, 2.45) is 0 Å².